The van der Waals surface area contributed by atoms with Crippen molar-refractivity contribution in [3.63, 3.8) is 0 Å². The average Bonchev–Trinajstić information content (AvgIpc) is 3.12. The minimum Gasteiger partial charge on any atom is -0.386 e. The first-order chi connectivity index (χ1) is 9.26. The number of rotatable bonds is 6. The molecular formula is C16H30N2O2. The Kier molecular flexibility index (Phi) is 4.45. The summed E-state index contributed by atoms with van der Waals surface area (Å²) in [5.41, 5.74) is 5.32. The molecule has 116 valence electrons. The van der Waals surface area contributed by atoms with E-state index in [9.17, 15) is 9.90 Å². The van der Waals surface area contributed by atoms with Crippen LogP contribution in [0.5, 0.6) is 0 Å². The first kappa shape index (κ1) is 15.8. The standard InChI is InChI=1S/C16H30N2O2/c1-15(2,3)12(8-9-17)6-7-14(19)18-10-16(20,11-18)13-4-5-13/h12-13,20H,4-11,17H2,1-3H3. The van der Waals surface area contributed by atoms with Crippen LogP contribution in [0.25, 0.3) is 0 Å². The minimum absolute atomic E-state index is 0.196. The van der Waals surface area contributed by atoms with E-state index in [1.165, 1.54) is 0 Å². The first-order valence-electron chi connectivity index (χ1n) is 7.96. The molecule has 4 heteroatoms. The summed E-state index contributed by atoms with van der Waals surface area (Å²) in [6.07, 6.45) is 4.71. The van der Waals surface area contributed by atoms with Crippen LogP contribution in [0.3, 0.4) is 0 Å². The number of likely N-dealkylation sites (tertiary alicyclic amines) is 1. The Morgan fingerprint density at radius 3 is 2.40 bits per heavy atom. The van der Waals surface area contributed by atoms with E-state index in [1.807, 2.05) is 4.90 Å². The quantitative estimate of drug-likeness (QED) is 0.780. The average molecular weight is 282 g/mol. The Hall–Kier alpha value is -0.610. The highest BCUT2D eigenvalue weighted by Crippen LogP contribution is 2.44. The molecule has 1 saturated carbocycles. The van der Waals surface area contributed by atoms with Gasteiger partial charge in [-0.05, 0) is 49.5 Å². The zero-order valence-corrected chi connectivity index (χ0v) is 13.2. The van der Waals surface area contributed by atoms with Crippen LogP contribution in [0.1, 0.15) is 52.9 Å². The third-order valence-corrected chi connectivity index (χ3v) is 5.07. The fraction of sp³-hybridized carbons (Fsp3) is 0.938. The molecule has 20 heavy (non-hydrogen) atoms. The summed E-state index contributed by atoms with van der Waals surface area (Å²) in [6.45, 7) is 8.43. The summed E-state index contributed by atoms with van der Waals surface area (Å²) in [6, 6.07) is 0. The highest BCUT2D eigenvalue weighted by molar-refractivity contribution is 5.77. The van der Waals surface area contributed by atoms with E-state index in [0.29, 0.717) is 37.9 Å². The van der Waals surface area contributed by atoms with E-state index in [0.717, 1.165) is 25.7 Å². The molecule has 0 bridgehead atoms. The molecule has 1 saturated heterocycles. The summed E-state index contributed by atoms with van der Waals surface area (Å²) in [5, 5.41) is 10.2. The van der Waals surface area contributed by atoms with Gasteiger partial charge in [0.05, 0.1) is 13.1 Å². The van der Waals surface area contributed by atoms with Crippen molar-refractivity contribution in [3.05, 3.63) is 0 Å². The van der Waals surface area contributed by atoms with Crippen molar-refractivity contribution in [2.24, 2.45) is 23.0 Å². The maximum atomic E-state index is 12.2. The van der Waals surface area contributed by atoms with Gasteiger partial charge in [0.1, 0.15) is 5.60 Å². The molecule has 1 atom stereocenters. The second kappa shape index (κ2) is 5.64. The molecule has 1 aliphatic heterocycles. The SMILES string of the molecule is CC(C)(C)C(CCN)CCC(=O)N1CC(O)(C2CC2)C1. The molecular weight excluding hydrogens is 252 g/mol. The first-order valence-corrected chi connectivity index (χ1v) is 7.96. The number of aliphatic hydroxyl groups is 1. The van der Waals surface area contributed by atoms with Crippen molar-refractivity contribution in [3.8, 4) is 0 Å². The molecule has 4 nitrogen and oxygen atoms in total. The molecule has 1 heterocycles. The second-order valence-electron chi connectivity index (χ2n) is 7.81. The predicted octanol–water partition coefficient (Wildman–Crippen LogP) is 1.76. The smallest absolute Gasteiger partial charge is 0.222 e. The van der Waals surface area contributed by atoms with Crippen molar-refractivity contribution in [1.82, 2.24) is 4.90 Å². The number of nitrogens with zero attached hydrogens (tertiary/aromatic N) is 1. The van der Waals surface area contributed by atoms with Crippen LogP contribution < -0.4 is 5.73 Å². The highest BCUT2D eigenvalue weighted by atomic mass is 16.3. The maximum Gasteiger partial charge on any atom is 0.222 e. The van der Waals surface area contributed by atoms with Crippen LogP contribution in [0.4, 0.5) is 0 Å². The van der Waals surface area contributed by atoms with Gasteiger partial charge in [0.15, 0.2) is 0 Å². The maximum absolute atomic E-state index is 12.2. The zero-order valence-electron chi connectivity index (χ0n) is 13.2. The fourth-order valence-corrected chi connectivity index (χ4v) is 3.34. The number of amides is 1. The third kappa shape index (κ3) is 3.53. The van der Waals surface area contributed by atoms with Crippen LogP contribution in [0.2, 0.25) is 0 Å². The van der Waals surface area contributed by atoms with Crippen LogP contribution in [-0.4, -0.2) is 41.1 Å². The molecule has 2 aliphatic rings. The molecule has 0 aromatic heterocycles. The predicted molar refractivity (Wildman–Crippen MR) is 80.1 cm³/mol. The van der Waals surface area contributed by atoms with E-state index in [2.05, 4.69) is 20.8 Å². The van der Waals surface area contributed by atoms with Crippen molar-refractivity contribution in [2.45, 2.75) is 58.5 Å². The Balaban J connectivity index is 1.75. The zero-order chi connectivity index (χ0) is 15.0. The summed E-state index contributed by atoms with van der Waals surface area (Å²) < 4.78 is 0. The largest absolute Gasteiger partial charge is 0.386 e. The van der Waals surface area contributed by atoms with Gasteiger partial charge in [0.2, 0.25) is 5.91 Å². The lowest BCUT2D eigenvalue weighted by Crippen LogP contribution is -2.64. The molecule has 0 radical (unpaired) electrons. The van der Waals surface area contributed by atoms with Crippen LogP contribution >= 0.6 is 0 Å². The van der Waals surface area contributed by atoms with Crippen molar-refractivity contribution in [1.29, 1.82) is 0 Å². The van der Waals surface area contributed by atoms with Gasteiger partial charge in [-0.3, -0.25) is 4.79 Å². The van der Waals surface area contributed by atoms with Crippen molar-refractivity contribution < 1.29 is 9.90 Å². The van der Waals surface area contributed by atoms with Gasteiger partial charge in [0, 0.05) is 6.42 Å². The van der Waals surface area contributed by atoms with Crippen molar-refractivity contribution in [2.75, 3.05) is 19.6 Å². The molecule has 0 aromatic carbocycles. The summed E-state index contributed by atoms with van der Waals surface area (Å²) in [7, 11) is 0. The second-order valence-corrected chi connectivity index (χ2v) is 7.81. The van der Waals surface area contributed by atoms with E-state index in [-0.39, 0.29) is 11.3 Å². The van der Waals surface area contributed by atoms with Crippen LogP contribution in [0, 0.1) is 17.3 Å². The van der Waals surface area contributed by atoms with Gasteiger partial charge in [-0.15, -0.1) is 0 Å². The number of carbonyl (C=O) groups excluding carboxylic acids is 1. The van der Waals surface area contributed by atoms with Crippen LogP contribution in [-0.2, 0) is 4.79 Å². The molecule has 0 spiro atoms. The van der Waals surface area contributed by atoms with Gasteiger partial charge in [-0.1, -0.05) is 20.8 Å². The molecule has 2 rings (SSSR count). The number of carbonyl (C=O) groups is 1. The highest BCUT2D eigenvalue weighted by Gasteiger charge is 2.53. The van der Waals surface area contributed by atoms with E-state index in [1.54, 1.807) is 0 Å². The van der Waals surface area contributed by atoms with E-state index >= 15 is 0 Å². The summed E-state index contributed by atoms with van der Waals surface area (Å²) >= 11 is 0. The molecule has 0 aromatic rings. The van der Waals surface area contributed by atoms with Gasteiger partial charge >= 0.3 is 0 Å². The Morgan fingerprint density at radius 1 is 1.35 bits per heavy atom. The Labute approximate surface area is 122 Å². The fourth-order valence-electron chi connectivity index (χ4n) is 3.34. The van der Waals surface area contributed by atoms with Crippen LogP contribution in [0.15, 0.2) is 0 Å². The molecule has 1 unspecified atom stereocenters. The number of hydrogen-bond acceptors (Lipinski definition) is 3. The van der Waals surface area contributed by atoms with Gasteiger partial charge in [-0.2, -0.15) is 0 Å². The normalized spacial score (nSPS) is 23.4. The number of β-amino-alcohol motifs (C(OH)–C–C–N with tert-alkyl or cyclic N) is 1. The number of hydrogen-bond donors (Lipinski definition) is 2. The lowest BCUT2D eigenvalue weighted by molar-refractivity contribution is -0.159. The molecule has 3 N–H and O–H groups in total. The van der Waals surface area contributed by atoms with E-state index in [4.69, 9.17) is 5.73 Å². The molecule has 2 fully saturated rings. The van der Waals surface area contributed by atoms with Crippen molar-refractivity contribution >= 4 is 5.91 Å². The van der Waals surface area contributed by atoms with E-state index < -0.39 is 5.60 Å². The van der Waals surface area contributed by atoms with Gasteiger partial charge in [0.25, 0.3) is 0 Å². The van der Waals surface area contributed by atoms with Gasteiger partial charge in [-0.25, -0.2) is 0 Å². The minimum atomic E-state index is -0.559. The summed E-state index contributed by atoms with van der Waals surface area (Å²) in [5.74, 6) is 1.13. The molecule has 1 amide bonds. The van der Waals surface area contributed by atoms with Gasteiger partial charge < -0.3 is 15.7 Å². The molecule has 1 aliphatic carbocycles. The lowest BCUT2D eigenvalue weighted by Gasteiger charge is -2.47. The Bertz CT molecular complexity index is 352. The summed E-state index contributed by atoms with van der Waals surface area (Å²) in [4.78, 5) is 14.0. The monoisotopic (exact) mass is 282 g/mol. The Morgan fingerprint density at radius 2 is 1.95 bits per heavy atom. The number of nitrogens with two attached hydrogens (primary N) is 1. The third-order valence-electron chi connectivity index (χ3n) is 5.07. The topological polar surface area (TPSA) is 66.6 Å². The lowest BCUT2D eigenvalue weighted by atomic mass is 9.76.